The van der Waals surface area contributed by atoms with Gasteiger partial charge in [0, 0.05) is 37.5 Å². The SMILES string of the molecule is Cc1cccnc1N(C(=O)c1ccc(-c2cnn(C)c2C(=O)O)cc1)C1CCCN(C(=O)OC(C)(C)C)C1. The summed E-state index contributed by atoms with van der Waals surface area (Å²) in [4.78, 5) is 46.3. The van der Waals surface area contributed by atoms with Gasteiger partial charge in [0.05, 0.1) is 12.2 Å². The summed E-state index contributed by atoms with van der Waals surface area (Å²) in [5, 5.41) is 13.6. The molecular weight excluding hydrogens is 486 g/mol. The molecule has 1 aliphatic heterocycles. The number of hydrogen-bond donors (Lipinski definition) is 1. The topological polar surface area (TPSA) is 118 Å². The summed E-state index contributed by atoms with van der Waals surface area (Å²) < 4.78 is 6.89. The van der Waals surface area contributed by atoms with E-state index in [9.17, 15) is 19.5 Å². The first-order valence-corrected chi connectivity index (χ1v) is 12.5. The number of anilines is 1. The summed E-state index contributed by atoms with van der Waals surface area (Å²) in [6.45, 7) is 8.26. The zero-order valence-corrected chi connectivity index (χ0v) is 22.3. The number of pyridine rings is 1. The Labute approximate surface area is 221 Å². The van der Waals surface area contributed by atoms with E-state index in [0.29, 0.717) is 42.0 Å². The first-order chi connectivity index (χ1) is 18.0. The van der Waals surface area contributed by atoms with Gasteiger partial charge in [-0.05, 0) is 69.9 Å². The highest BCUT2D eigenvalue weighted by atomic mass is 16.6. The average molecular weight is 520 g/mol. The number of ether oxygens (including phenoxy) is 1. The molecule has 2 amide bonds. The van der Waals surface area contributed by atoms with Crippen LogP contribution in [-0.4, -0.2) is 67.5 Å². The Bertz CT molecular complexity index is 1340. The molecule has 1 saturated heterocycles. The molecule has 10 nitrogen and oxygen atoms in total. The molecule has 4 rings (SSSR count). The fourth-order valence-electron chi connectivity index (χ4n) is 4.66. The van der Waals surface area contributed by atoms with E-state index in [1.54, 1.807) is 47.3 Å². The first-order valence-electron chi connectivity index (χ1n) is 12.5. The van der Waals surface area contributed by atoms with Gasteiger partial charge in [0.2, 0.25) is 0 Å². The van der Waals surface area contributed by atoms with Gasteiger partial charge < -0.3 is 14.7 Å². The third kappa shape index (κ3) is 5.69. The third-order valence-corrected chi connectivity index (χ3v) is 6.43. The number of carbonyl (C=O) groups excluding carboxylic acids is 2. The molecule has 0 bridgehead atoms. The van der Waals surface area contributed by atoms with Crippen molar-refractivity contribution in [2.45, 2.75) is 52.2 Å². The lowest BCUT2D eigenvalue weighted by atomic mass is 10.0. The summed E-state index contributed by atoms with van der Waals surface area (Å²) in [6, 6.07) is 10.2. The average Bonchev–Trinajstić information content (AvgIpc) is 3.26. The zero-order valence-electron chi connectivity index (χ0n) is 22.3. The molecule has 1 atom stereocenters. The Hall–Kier alpha value is -4.21. The molecule has 1 aromatic carbocycles. The number of carboxylic acid groups (broad SMARTS) is 1. The normalized spacial score (nSPS) is 15.7. The Morgan fingerprint density at radius 2 is 1.84 bits per heavy atom. The molecular formula is C28H33N5O5. The van der Waals surface area contributed by atoms with Gasteiger partial charge in [-0.25, -0.2) is 14.6 Å². The van der Waals surface area contributed by atoms with E-state index in [2.05, 4.69) is 10.1 Å². The zero-order chi connectivity index (χ0) is 27.6. The molecule has 0 radical (unpaired) electrons. The maximum atomic E-state index is 14.0. The molecule has 38 heavy (non-hydrogen) atoms. The summed E-state index contributed by atoms with van der Waals surface area (Å²) in [6.07, 6.45) is 4.17. The number of likely N-dealkylation sites (tertiary alicyclic amines) is 1. The van der Waals surface area contributed by atoms with Gasteiger partial charge in [-0.15, -0.1) is 0 Å². The van der Waals surface area contributed by atoms with Crippen LogP contribution in [0.4, 0.5) is 10.6 Å². The fourth-order valence-corrected chi connectivity index (χ4v) is 4.66. The van der Waals surface area contributed by atoms with E-state index in [0.717, 1.165) is 12.0 Å². The van der Waals surface area contributed by atoms with Gasteiger partial charge in [0.25, 0.3) is 5.91 Å². The van der Waals surface area contributed by atoms with Crippen LogP contribution in [0.15, 0.2) is 48.8 Å². The summed E-state index contributed by atoms with van der Waals surface area (Å²) in [5.74, 6) is -0.791. The van der Waals surface area contributed by atoms with Crippen molar-refractivity contribution < 1.29 is 24.2 Å². The highest BCUT2D eigenvalue weighted by molar-refractivity contribution is 6.06. The number of amides is 2. The highest BCUT2D eigenvalue weighted by Gasteiger charge is 2.35. The van der Waals surface area contributed by atoms with Gasteiger partial charge in [0.15, 0.2) is 5.69 Å². The lowest BCUT2D eigenvalue weighted by molar-refractivity contribution is 0.0195. The molecule has 0 aliphatic carbocycles. The molecule has 1 aliphatic rings. The van der Waals surface area contributed by atoms with Crippen LogP contribution < -0.4 is 4.90 Å². The summed E-state index contributed by atoms with van der Waals surface area (Å²) in [7, 11) is 1.57. The molecule has 1 fully saturated rings. The van der Waals surface area contributed by atoms with Gasteiger partial charge >= 0.3 is 12.1 Å². The van der Waals surface area contributed by atoms with E-state index in [4.69, 9.17) is 4.74 Å². The van der Waals surface area contributed by atoms with Crippen LogP contribution in [0.5, 0.6) is 0 Å². The molecule has 3 aromatic rings. The van der Waals surface area contributed by atoms with E-state index in [-0.39, 0.29) is 17.6 Å². The standard InChI is InChI=1S/C28H33N5O5/c1-18-8-6-14-29-24(18)33(21-9-7-15-32(17-21)27(37)38-28(2,3)4)25(34)20-12-10-19(11-13-20)22-16-30-31(5)23(22)26(35)36/h6,8,10-14,16,21H,7,9,15,17H2,1-5H3,(H,35,36). The van der Waals surface area contributed by atoms with E-state index >= 15 is 0 Å². The van der Waals surface area contributed by atoms with Crippen molar-refractivity contribution in [2.75, 3.05) is 18.0 Å². The lowest BCUT2D eigenvalue weighted by Crippen LogP contribution is -2.53. The molecule has 3 heterocycles. The second-order valence-electron chi connectivity index (χ2n) is 10.5. The van der Waals surface area contributed by atoms with Crippen molar-refractivity contribution in [3.8, 4) is 11.1 Å². The maximum Gasteiger partial charge on any atom is 0.410 e. The van der Waals surface area contributed by atoms with E-state index < -0.39 is 17.7 Å². The number of hydrogen-bond acceptors (Lipinski definition) is 6. The predicted molar refractivity (Wildman–Crippen MR) is 142 cm³/mol. The molecule has 1 unspecified atom stereocenters. The number of benzene rings is 1. The third-order valence-electron chi connectivity index (χ3n) is 6.43. The number of carbonyl (C=O) groups is 3. The van der Waals surface area contributed by atoms with Crippen LogP contribution in [0.25, 0.3) is 11.1 Å². The van der Waals surface area contributed by atoms with Crippen LogP contribution in [0.3, 0.4) is 0 Å². The summed E-state index contributed by atoms with van der Waals surface area (Å²) >= 11 is 0. The lowest BCUT2D eigenvalue weighted by Gasteiger charge is -2.39. The van der Waals surface area contributed by atoms with Gasteiger partial charge in [-0.2, -0.15) is 5.10 Å². The minimum absolute atomic E-state index is 0.0688. The van der Waals surface area contributed by atoms with Crippen molar-refractivity contribution in [2.24, 2.45) is 7.05 Å². The number of piperidine rings is 1. The van der Waals surface area contributed by atoms with Crippen LogP contribution >= 0.6 is 0 Å². The van der Waals surface area contributed by atoms with Gasteiger partial charge in [-0.1, -0.05) is 18.2 Å². The first kappa shape index (κ1) is 26.8. The minimum Gasteiger partial charge on any atom is -0.477 e. The number of carboxylic acids is 1. The minimum atomic E-state index is -1.08. The van der Waals surface area contributed by atoms with Gasteiger partial charge in [-0.3, -0.25) is 14.4 Å². The monoisotopic (exact) mass is 519 g/mol. The van der Waals surface area contributed by atoms with E-state index in [1.807, 2.05) is 39.8 Å². The maximum absolute atomic E-state index is 14.0. The van der Waals surface area contributed by atoms with Crippen LogP contribution in [-0.2, 0) is 11.8 Å². The van der Waals surface area contributed by atoms with E-state index in [1.165, 1.54) is 10.9 Å². The van der Waals surface area contributed by atoms with Crippen molar-refractivity contribution in [3.05, 3.63) is 65.6 Å². The van der Waals surface area contributed by atoms with Crippen LogP contribution in [0.2, 0.25) is 0 Å². The fraction of sp³-hybridized carbons (Fsp3) is 0.393. The molecule has 0 saturated carbocycles. The number of aryl methyl sites for hydroxylation is 2. The van der Waals surface area contributed by atoms with Crippen LogP contribution in [0, 0.1) is 6.92 Å². The molecule has 2 aromatic heterocycles. The molecule has 10 heteroatoms. The largest absolute Gasteiger partial charge is 0.477 e. The van der Waals surface area contributed by atoms with Crippen molar-refractivity contribution >= 4 is 23.8 Å². The summed E-state index contributed by atoms with van der Waals surface area (Å²) in [5.41, 5.74) is 1.83. The smallest absolute Gasteiger partial charge is 0.410 e. The number of rotatable bonds is 5. The Kier molecular flexibility index (Phi) is 7.52. The Morgan fingerprint density at radius 3 is 2.47 bits per heavy atom. The van der Waals surface area contributed by atoms with Crippen molar-refractivity contribution in [1.29, 1.82) is 0 Å². The Morgan fingerprint density at radius 1 is 1.13 bits per heavy atom. The second kappa shape index (κ2) is 10.6. The number of nitrogens with zero attached hydrogens (tertiary/aromatic N) is 5. The number of aromatic nitrogens is 3. The second-order valence-corrected chi connectivity index (χ2v) is 10.5. The Balaban J connectivity index is 1.65. The number of aromatic carboxylic acids is 1. The molecule has 0 spiro atoms. The predicted octanol–water partition coefficient (Wildman–Crippen LogP) is 4.54. The molecule has 200 valence electrons. The van der Waals surface area contributed by atoms with Gasteiger partial charge in [0.1, 0.15) is 11.4 Å². The highest BCUT2D eigenvalue weighted by Crippen LogP contribution is 2.29. The quantitative estimate of drug-likeness (QED) is 0.526. The van der Waals surface area contributed by atoms with Crippen LogP contribution in [0.1, 0.15) is 60.0 Å². The van der Waals surface area contributed by atoms with Crippen molar-refractivity contribution in [3.63, 3.8) is 0 Å². The molecule has 1 N–H and O–H groups in total. The van der Waals surface area contributed by atoms with Crippen molar-refractivity contribution in [1.82, 2.24) is 19.7 Å².